The van der Waals surface area contributed by atoms with E-state index in [1.807, 2.05) is 52.8 Å². The number of thiazole rings is 1. The van der Waals surface area contributed by atoms with E-state index >= 15 is 0 Å². The normalized spacial score (nSPS) is 11.1. The highest BCUT2D eigenvalue weighted by atomic mass is 32.1. The lowest BCUT2D eigenvalue weighted by molar-refractivity contribution is -0.125. The molecule has 156 valence electrons. The second-order valence-electron chi connectivity index (χ2n) is 7.88. The van der Waals surface area contributed by atoms with Gasteiger partial charge in [-0.2, -0.15) is 0 Å². The zero-order chi connectivity index (χ0) is 21.6. The molecule has 0 radical (unpaired) electrons. The third kappa shape index (κ3) is 6.98. The van der Waals surface area contributed by atoms with Crippen LogP contribution in [0.5, 0.6) is 0 Å². The van der Waals surface area contributed by atoms with Gasteiger partial charge in [0, 0.05) is 35.6 Å². The molecule has 0 saturated carbocycles. The standard InChI is InChI=1S/C21H28N4O3S/c1-14-7-6-8-16(15(14)2)25(13-18(27)24-21(3,4)5)19(28)10-9-17(26)23-20-22-11-12-29-20/h6-8,11-12H,9-10,13H2,1-5H3,(H,24,27)(H,22,23,26). The molecule has 1 heterocycles. The fraction of sp³-hybridized carbons (Fsp3) is 0.429. The first kappa shape index (κ1) is 22.5. The monoisotopic (exact) mass is 416 g/mol. The molecule has 0 saturated heterocycles. The van der Waals surface area contributed by atoms with Gasteiger partial charge in [-0.15, -0.1) is 11.3 Å². The zero-order valence-corrected chi connectivity index (χ0v) is 18.4. The number of nitrogens with zero attached hydrogens (tertiary/aromatic N) is 2. The molecule has 0 fully saturated rings. The highest BCUT2D eigenvalue weighted by molar-refractivity contribution is 7.13. The van der Waals surface area contributed by atoms with Crippen LogP contribution in [0.1, 0.15) is 44.7 Å². The minimum atomic E-state index is -0.402. The molecule has 0 aliphatic rings. The summed E-state index contributed by atoms with van der Waals surface area (Å²) in [5.74, 6) is -0.815. The number of nitrogens with one attached hydrogen (secondary N) is 2. The minimum Gasteiger partial charge on any atom is -0.350 e. The summed E-state index contributed by atoms with van der Waals surface area (Å²) in [5, 5.41) is 7.81. The summed E-state index contributed by atoms with van der Waals surface area (Å²) in [6.45, 7) is 9.43. The van der Waals surface area contributed by atoms with E-state index in [0.717, 1.165) is 11.1 Å². The fourth-order valence-electron chi connectivity index (χ4n) is 2.76. The Morgan fingerprint density at radius 3 is 2.45 bits per heavy atom. The van der Waals surface area contributed by atoms with Crippen LogP contribution in [0.3, 0.4) is 0 Å². The molecule has 0 spiro atoms. The van der Waals surface area contributed by atoms with Crippen LogP contribution in [0.4, 0.5) is 10.8 Å². The summed E-state index contributed by atoms with van der Waals surface area (Å²) in [5.41, 5.74) is 2.23. The molecule has 7 nitrogen and oxygen atoms in total. The van der Waals surface area contributed by atoms with Crippen LogP contribution < -0.4 is 15.5 Å². The van der Waals surface area contributed by atoms with Crippen molar-refractivity contribution in [2.24, 2.45) is 0 Å². The van der Waals surface area contributed by atoms with Gasteiger partial charge < -0.3 is 15.5 Å². The molecule has 29 heavy (non-hydrogen) atoms. The van der Waals surface area contributed by atoms with Crippen LogP contribution in [-0.4, -0.2) is 34.8 Å². The maximum atomic E-state index is 13.0. The Hall–Kier alpha value is -2.74. The fourth-order valence-corrected chi connectivity index (χ4v) is 3.30. The lowest BCUT2D eigenvalue weighted by atomic mass is 10.1. The molecule has 8 heteroatoms. The molecular formula is C21H28N4O3S. The number of hydrogen-bond acceptors (Lipinski definition) is 5. The number of anilines is 2. The predicted octanol–water partition coefficient (Wildman–Crippen LogP) is 3.43. The number of aromatic nitrogens is 1. The Balaban J connectivity index is 2.13. The maximum absolute atomic E-state index is 13.0. The largest absolute Gasteiger partial charge is 0.350 e. The Morgan fingerprint density at radius 1 is 1.10 bits per heavy atom. The van der Waals surface area contributed by atoms with Crippen molar-refractivity contribution >= 4 is 39.9 Å². The highest BCUT2D eigenvalue weighted by Gasteiger charge is 2.24. The van der Waals surface area contributed by atoms with E-state index < -0.39 is 5.54 Å². The average molecular weight is 417 g/mol. The second-order valence-corrected chi connectivity index (χ2v) is 8.78. The van der Waals surface area contributed by atoms with Crippen molar-refractivity contribution < 1.29 is 14.4 Å². The van der Waals surface area contributed by atoms with Gasteiger partial charge in [0.1, 0.15) is 6.54 Å². The van der Waals surface area contributed by atoms with E-state index in [4.69, 9.17) is 0 Å². The smallest absolute Gasteiger partial charge is 0.240 e. The first-order valence-corrected chi connectivity index (χ1v) is 10.3. The molecule has 1 aromatic heterocycles. The van der Waals surface area contributed by atoms with Gasteiger partial charge in [0.2, 0.25) is 17.7 Å². The zero-order valence-electron chi connectivity index (χ0n) is 17.5. The highest BCUT2D eigenvalue weighted by Crippen LogP contribution is 2.24. The Bertz CT molecular complexity index is 873. The van der Waals surface area contributed by atoms with Crippen molar-refractivity contribution in [2.45, 2.75) is 53.0 Å². The summed E-state index contributed by atoms with van der Waals surface area (Å²) in [7, 11) is 0. The number of amides is 3. The van der Waals surface area contributed by atoms with E-state index in [9.17, 15) is 14.4 Å². The van der Waals surface area contributed by atoms with Gasteiger partial charge in [0.25, 0.3) is 0 Å². The SMILES string of the molecule is Cc1cccc(N(CC(=O)NC(C)(C)C)C(=O)CCC(=O)Nc2nccs2)c1C. The van der Waals surface area contributed by atoms with E-state index in [2.05, 4.69) is 15.6 Å². The third-order valence-electron chi connectivity index (χ3n) is 4.23. The van der Waals surface area contributed by atoms with E-state index in [1.165, 1.54) is 16.2 Å². The van der Waals surface area contributed by atoms with Crippen molar-refractivity contribution in [1.82, 2.24) is 10.3 Å². The number of hydrogen-bond donors (Lipinski definition) is 2. The van der Waals surface area contributed by atoms with Crippen LogP contribution in [0.15, 0.2) is 29.8 Å². The molecule has 3 amide bonds. The Kier molecular flexibility index (Phi) is 7.50. The lowest BCUT2D eigenvalue weighted by Gasteiger charge is -2.27. The molecule has 2 N–H and O–H groups in total. The summed E-state index contributed by atoms with van der Waals surface area (Å²) in [6, 6.07) is 5.63. The van der Waals surface area contributed by atoms with Gasteiger partial charge in [-0.25, -0.2) is 4.98 Å². The summed E-state index contributed by atoms with van der Waals surface area (Å²) in [4.78, 5) is 43.0. The Morgan fingerprint density at radius 2 is 1.83 bits per heavy atom. The number of benzene rings is 1. The summed E-state index contributed by atoms with van der Waals surface area (Å²) in [6.07, 6.45) is 1.61. The van der Waals surface area contributed by atoms with Crippen molar-refractivity contribution in [3.63, 3.8) is 0 Å². The molecule has 0 aliphatic heterocycles. The molecule has 0 unspecified atom stereocenters. The third-order valence-corrected chi connectivity index (χ3v) is 4.92. The maximum Gasteiger partial charge on any atom is 0.240 e. The van der Waals surface area contributed by atoms with Crippen LogP contribution in [0, 0.1) is 13.8 Å². The van der Waals surface area contributed by atoms with Gasteiger partial charge in [0.05, 0.1) is 0 Å². The van der Waals surface area contributed by atoms with Gasteiger partial charge >= 0.3 is 0 Å². The number of carbonyl (C=O) groups excluding carboxylic acids is 3. The number of carbonyl (C=O) groups is 3. The predicted molar refractivity (Wildman–Crippen MR) is 116 cm³/mol. The number of aryl methyl sites for hydroxylation is 1. The van der Waals surface area contributed by atoms with Crippen molar-refractivity contribution in [3.8, 4) is 0 Å². The van der Waals surface area contributed by atoms with Crippen molar-refractivity contribution in [3.05, 3.63) is 40.9 Å². The first-order valence-electron chi connectivity index (χ1n) is 9.44. The molecule has 0 bridgehead atoms. The number of rotatable bonds is 7. The first-order chi connectivity index (χ1) is 13.6. The van der Waals surface area contributed by atoms with Gasteiger partial charge in [-0.3, -0.25) is 14.4 Å². The van der Waals surface area contributed by atoms with Gasteiger partial charge in [-0.05, 0) is 51.8 Å². The van der Waals surface area contributed by atoms with E-state index in [-0.39, 0.29) is 37.1 Å². The molecule has 1 aromatic carbocycles. The molecule has 2 rings (SSSR count). The summed E-state index contributed by atoms with van der Waals surface area (Å²) >= 11 is 1.31. The second kappa shape index (κ2) is 9.65. The van der Waals surface area contributed by atoms with Crippen molar-refractivity contribution in [1.29, 1.82) is 0 Å². The van der Waals surface area contributed by atoms with Crippen LogP contribution in [0.2, 0.25) is 0 Å². The van der Waals surface area contributed by atoms with Crippen LogP contribution in [0.25, 0.3) is 0 Å². The average Bonchev–Trinajstić information content (AvgIpc) is 3.11. The van der Waals surface area contributed by atoms with Gasteiger partial charge in [-0.1, -0.05) is 12.1 Å². The van der Waals surface area contributed by atoms with E-state index in [1.54, 1.807) is 11.6 Å². The molecule has 0 atom stereocenters. The lowest BCUT2D eigenvalue weighted by Crippen LogP contribution is -2.47. The quantitative estimate of drug-likeness (QED) is 0.723. The molecule has 2 aromatic rings. The Labute approximate surface area is 175 Å². The van der Waals surface area contributed by atoms with E-state index in [0.29, 0.717) is 10.8 Å². The molecular weight excluding hydrogens is 388 g/mol. The topological polar surface area (TPSA) is 91.4 Å². The van der Waals surface area contributed by atoms with Crippen molar-refractivity contribution in [2.75, 3.05) is 16.8 Å². The molecule has 0 aliphatic carbocycles. The van der Waals surface area contributed by atoms with Crippen LogP contribution >= 0.6 is 11.3 Å². The van der Waals surface area contributed by atoms with Gasteiger partial charge in [0.15, 0.2) is 5.13 Å². The summed E-state index contributed by atoms with van der Waals surface area (Å²) < 4.78 is 0. The van der Waals surface area contributed by atoms with Crippen LogP contribution in [-0.2, 0) is 14.4 Å². The minimum absolute atomic E-state index is 0.00656.